The molecule has 5 rings (SSSR count). The van der Waals surface area contributed by atoms with Gasteiger partial charge in [0.05, 0.1) is 5.69 Å². The number of anilines is 2. The Balaban J connectivity index is 1.51. The lowest BCUT2D eigenvalue weighted by atomic mass is 9.53. The fourth-order valence-electron chi connectivity index (χ4n) is 6.05. The molecule has 142 valence electrons. The van der Waals surface area contributed by atoms with Gasteiger partial charge in [-0.25, -0.2) is 0 Å². The van der Waals surface area contributed by atoms with Crippen molar-refractivity contribution in [3.05, 3.63) is 53.1 Å². The van der Waals surface area contributed by atoms with E-state index in [1.54, 1.807) is 0 Å². The second kappa shape index (κ2) is 6.56. The summed E-state index contributed by atoms with van der Waals surface area (Å²) in [5, 5.41) is 18.1. The zero-order valence-electron chi connectivity index (χ0n) is 16.2. The van der Waals surface area contributed by atoms with Gasteiger partial charge in [0.25, 0.3) is 0 Å². The number of nitrogens with one attached hydrogen (secondary N) is 2. The highest BCUT2D eigenvalue weighted by Crippen LogP contribution is 2.55. The molecule has 0 aromatic heterocycles. The summed E-state index contributed by atoms with van der Waals surface area (Å²) in [4.78, 5) is 0. The number of phenolic OH excluding ortho intramolecular Hbond substituents is 1. The molecular weight excluding hydrogens is 332 g/mol. The first kappa shape index (κ1) is 17.1. The van der Waals surface area contributed by atoms with E-state index in [2.05, 4.69) is 54.0 Å². The van der Waals surface area contributed by atoms with Gasteiger partial charge in [0.1, 0.15) is 5.75 Å². The number of hydrogen-bond acceptors (Lipinski definition) is 3. The van der Waals surface area contributed by atoms with E-state index < -0.39 is 0 Å². The van der Waals surface area contributed by atoms with Crippen LogP contribution in [0.15, 0.2) is 36.4 Å². The van der Waals surface area contributed by atoms with Crippen LogP contribution in [-0.4, -0.2) is 17.7 Å². The van der Waals surface area contributed by atoms with Gasteiger partial charge in [-0.15, -0.1) is 0 Å². The predicted octanol–water partition coefficient (Wildman–Crippen LogP) is 5.04. The highest BCUT2D eigenvalue weighted by molar-refractivity contribution is 5.69. The summed E-state index contributed by atoms with van der Waals surface area (Å²) in [6.07, 6.45) is 8.65. The van der Waals surface area contributed by atoms with Crippen molar-refractivity contribution in [3.8, 4) is 5.75 Å². The molecule has 3 aliphatic rings. The Labute approximate surface area is 162 Å². The predicted molar refractivity (Wildman–Crippen MR) is 111 cm³/mol. The zero-order chi connectivity index (χ0) is 18.4. The van der Waals surface area contributed by atoms with Crippen LogP contribution < -0.4 is 10.6 Å². The summed E-state index contributed by atoms with van der Waals surface area (Å²) in [6, 6.07) is 13.4. The van der Waals surface area contributed by atoms with Gasteiger partial charge in [-0.2, -0.15) is 0 Å². The maximum atomic E-state index is 10.8. The number of fused-ring (bicyclic) bond motifs is 1. The summed E-state index contributed by atoms with van der Waals surface area (Å²) >= 11 is 0. The molecule has 0 spiro atoms. The van der Waals surface area contributed by atoms with E-state index in [1.807, 2.05) is 0 Å². The normalized spacial score (nSPS) is 28.9. The fraction of sp³-hybridized carbons (Fsp3) is 0.500. The van der Waals surface area contributed by atoms with E-state index in [0.717, 1.165) is 36.7 Å². The molecule has 1 aliphatic heterocycles. The molecule has 0 amide bonds. The largest absolute Gasteiger partial charge is 0.506 e. The fourth-order valence-corrected chi connectivity index (χ4v) is 6.05. The average Bonchev–Trinajstić information content (AvgIpc) is 2.70. The van der Waals surface area contributed by atoms with Crippen molar-refractivity contribution in [1.29, 1.82) is 0 Å². The lowest BCUT2D eigenvalue weighted by Crippen LogP contribution is -2.59. The van der Waals surface area contributed by atoms with Crippen molar-refractivity contribution < 1.29 is 5.11 Å². The number of phenols is 1. The molecule has 3 heteroatoms. The molecule has 2 aromatic carbocycles. The monoisotopic (exact) mass is 362 g/mol. The van der Waals surface area contributed by atoms with Crippen LogP contribution in [0.4, 0.5) is 11.4 Å². The smallest absolute Gasteiger partial charge is 0.139 e. The van der Waals surface area contributed by atoms with Crippen molar-refractivity contribution in [1.82, 2.24) is 5.32 Å². The van der Waals surface area contributed by atoms with Crippen molar-refractivity contribution in [2.45, 2.75) is 63.3 Å². The Bertz CT molecular complexity index is 840. The molecular formula is C24H30N2O. The van der Waals surface area contributed by atoms with Crippen molar-refractivity contribution in [3.63, 3.8) is 0 Å². The number of piperidine rings is 1. The van der Waals surface area contributed by atoms with Crippen LogP contribution >= 0.6 is 0 Å². The quantitative estimate of drug-likeness (QED) is 0.670. The van der Waals surface area contributed by atoms with Gasteiger partial charge in [0.15, 0.2) is 0 Å². The van der Waals surface area contributed by atoms with Crippen LogP contribution in [0.1, 0.15) is 55.7 Å². The molecule has 0 unspecified atom stereocenters. The minimum atomic E-state index is 0.292. The maximum absolute atomic E-state index is 10.8. The first-order valence-corrected chi connectivity index (χ1v) is 10.7. The molecule has 27 heavy (non-hydrogen) atoms. The Kier molecular flexibility index (Phi) is 4.16. The minimum absolute atomic E-state index is 0.292. The number of aryl methyl sites for hydroxylation is 1. The lowest BCUT2D eigenvalue weighted by Gasteiger charge is -2.56. The highest BCUT2D eigenvalue weighted by Gasteiger charge is 2.51. The Hall–Kier alpha value is -2.00. The van der Waals surface area contributed by atoms with E-state index in [9.17, 15) is 5.11 Å². The molecule has 3 nitrogen and oxygen atoms in total. The SMILES string of the molecule is CCc1ccc(Nc2cc3c(cc2O)[C@]24CCCC[C@@H]2[C@H](C3)NCC4)cc1. The molecule has 1 saturated carbocycles. The van der Waals surface area contributed by atoms with Gasteiger partial charge in [0.2, 0.25) is 0 Å². The van der Waals surface area contributed by atoms with E-state index in [0.29, 0.717) is 17.2 Å². The number of hydrogen-bond donors (Lipinski definition) is 3. The average molecular weight is 363 g/mol. The Morgan fingerprint density at radius 1 is 1.15 bits per heavy atom. The third-order valence-corrected chi connectivity index (χ3v) is 7.40. The van der Waals surface area contributed by atoms with Crippen LogP contribution in [0.2, 0.25) is 0 Å². The first-order chi connectivity index (χ1) is 13.2. The third kappa shape index (κ3) is 2.75. The van der Waals surface area contributed by atoms with Crippen LogP contribution in [0, 0.1) is 5.92 Å². The van der Waals surface area contributed by atoms with Crippen LogP contribution in [0.3, 0.4) is 0 Å². The van der Waals surface area contributed by atoms with Gasteiger partial charge in [-0.05, 0) is 85.5 Å². The van der Waals surface area contributed by atoms with Gasteiger partial charge < -0.3 is 15.7 Å². The van der Waals surface area contributed by atoms with Crippen molar-refractivity contribution >= 4 is 11.4 Å². The van der Waals surface area contributed by atoms with E-state index in [1.165, 1.54) is 48.8 Å². The Morgan fingerprint density at radius 3 is 2.81 bits per heavy atom. The molecule has 3 atom stereocenters. The van der Waals surface area contributed by atoms with Gasteiger partial charge >= 0.3 is 0 Å². The molecule has 2 aliphatic carbocycles. The maximum Gasteiger partial charge on any atom is 0.139 e. The second-order valence-electron chi connectivity index (χ2n) is 8.73. The van der Waals surface area contributed by atoms with Crippen LogP contribution in [0.5, 0.6) is 5.75 Å². The zero-order valence-corrected chi connectivity index (χ0v) is 16.2. The molecule has 2 aromatic rings. The number of aromatic hydroxyl groups is 1. The van der Waals surface area contributed by atoms with E-state index in [4.69, 9.17) is 0 Å². The third-order valence-electron chi connectivity index (χ3n) is 7.40. The van der Waals surface area contributed by atoms with Gasteiger partial charge in [-0.3, -0.25) is 0 Å². The topological polar surface area (TPSA) is 44.3 Å². The second-order valence-corrected chi connectivity index (χ2v) is 8.73. The summed E-state index contributed by atoms with van der Waals surface area (Å²) < 4.78 is 0. The van der Waals surface area contributed by atoms with Gasteiger partial charge in [-0.1, -0.05) is 31.9 Å². The minimum Gasteiger partial charge on any atom is -0.506 e. The molecule has 3 N–H and O–H groups in total. The molecule has 0 radical (unpaired) electrons. The number of rotatable bonds is 3. The Morgan fingerprint density at radius 2 is 2.00 bits per heavy atom. The lowest BCUT2D eigenvalue weighted by molar-refractivity contribution is 0.0796. The molecule has 1 heterocycles. The summed E-state index contributed by atoms with van der Waals surface area (Å²) in [5.41, 5.74) is 6.36. The summed E-state index contributed by atoms with van der Waals surface area (Å²) in [5.74, 6) is 1.14. The van der Waals surface area contributed by atoms with Gasteiger partial charge in [0, 0.05) is 17.1 Å². The molecule has 2 fully saturated rings. The summed E-state index contributed by atoms with van der Waals surface area (Å²) in [7, 11) is 0. The first-order valence-electron chi connectivity index (χ1n) is 10.7. The summed E-state index contributed by atoms with van der Waals surface area (Å²) in [6.45, 7) is 3.28. The van der Waals surface area contributed by atoms with Crippen molar-refractivity contribution in [2.75, 3.05) is 11.9 Å². The van der Waals surface area contributed by atoms with Crippen LogP contribution in [-0.2, 0) is 18.3 Å². The highest BCUT2D eigenvalue weighted by atomic mass is 16.3. The van der Waals surface area contributed by atoms with E-state index in [-0.39, 0.29) is 0 Å². The molecule has 2 bridgehead atoms. The number of benzene rings is 2. The molecule has 1 saturated heterocycles. The van der Waals surface area contributed by atoms with Crippen LogP contribution in [0.25, 0.3) is 0 Å². The van der Waals surface area contributed by atoms with E-state index >= 15 is 0 Å². The standard InChI is InChI=1S/C24H30N2O/c1-2-16-6-8-18(9-7-16)26-22-14-17-13-21-19-5-3-4-10-24(19,11-12-25-21)20(17)15-23(22)27/h6-9,14-15,19,21,25-27H,2-5,10-13H2,1H3/t19-,21+,24+/m1/s1. The van der Waals surface area contributed by atoms with Crippen molar-refractivity contribution in [2.24, 2.45) is 5.92 Å².